The maximum absolute atomic E-state index is 13.3. The van der Waals surface area contributed by atoms with E-state index in [0.29, 0.717) is 13.0 Å². The molecule has 0 saturated carbocycles. The van der Waals surface area contributed by atoms with Gasteiger partial charge in [-0.1, -0.05) is 30.3 Å². The molecule has 1 atom stereocenters. The van der Waals surface area contributed by atoms with Gasteiger partial charge in [0.1, 0.15) is 0 Å². The smallest absolute Gasteiger partial charge is 0.243 e. The Balaban J connectivity index is 1.96. The molecule has 1 heterocycles. The molecule has 0 radical (unpaired) electrons. The average molecular weight is 387 g/mol. The molecule has 1 unspecified atom stereocenters. The van der Waals surface area contributed by atoms with Crippen LogP contribution in [0, 0.1) is 0 Å². The van der Waals surface area contributed by atoms with E-state index in [2.05, 4.69) is 0 Å². The zero-order valence-electron chi connectivity index (χ0n) is 16.2. The first kappa shape index (κ1) is 19.6. The Morgan fingerprint density at radius 3 is 2.44 bits per heavy atom. The van der Waals surface area contributed by atoms with E-state index in [1.165, 1.54) is 11.2 Å². The minimum Gasteiger partial charge on any atom is -0.309 e. The van der Waals surface area contributed by atoms with Crippen LogP contribution in [0.15, 0.2) is 53.4 Å². The number of rotatable bonds is 5. The van der Waals surface area contributed by atoms with Gasteiger partial charge in [0.15, 0.2) is 0 Å². The molecule has 1 amide bonds. The molecular weight excluding hydrogens is 360 g/mol. The number of anilines is 1. The molecule has 0 aliphatic carbocycles. The molecule has 3 rings (SSSR count). The molecule has 144 valence electrons. The fourth-order valence-electron chi connectivity index (χ4n) is 3.69. The van der Waals surface area contributed by atoms with Crippen LogP contribution in [-0.2, 0) is 27.8 Å². The molecule has 6 heteroatoms. The molecule has 2 aromatic carbocycles. The normalized spacial score (nSPS) is 16.8. The molecule has 27 heavy (non-hydrogen) atoms. The lowest BCUT2D eigenvalue weighted by molar-refractivity contribution is -0.116. The highest BCUT2D eigenvalue weighted by atomic mass is 32.2. The van der Waals surface area contributed by atoms with Crippen molar-refractivity contribution in [1.29, 1.82) is 0 Å². The van der Waals surface area contributed by atoms with Crippen molar-refractivity contribution >= 4 is 21.6 Å². The lowest BCUT2D eigenvalue weighted by Gasteiger charge is -2.26. The number of benzene rings is 2. The first-order chi connectivity index (χ1) is 12.7. The van der Waals surface area contributed by atoms with Gasteiger partial charge in [-0.15, -0.1) is 0 Å². The molecule has 1 aliphatic heterocycles. The second-order valence-corrected chi connectivity index (χ2v) is 9.25. The maximum Gasteiger partial charge on any atom is 0.243 e. The van der Waals surface area contributed by atoms with Crippen LogP contribution >= 0.6 is 0 Å². The van der Waals surface area contributed by atoms with Gasteiger partial charge >= 0.3 is 0 Å². The summed E-state index contributed by atoms with van der Waals surface area (Å²) in [5, 5.41) is 0. The Morgan fingerprint density at radius 2 is 1.85 bits per heavy atom. The number of amides is 1. The highest BCUT2D eigenvalue weighted by Gasteiger charge is 2.32. The molecule has 0 aromatic heterocycles. The molecule has 0 spiro atoms. The maximum atomic E-state index is 13.3. The molecule has 0 N–H and O–H groups in total. The summed E-state index contributed by atoms with van der Waals surface area (Å²) in [5.41, 5.74) is 2.67. The van der Waals surface area contributed by atoms with Crippen LogP contribution in [0.25, 0.3) is 0 Å². The number of carbonyl (C=O) groups is 1. The van der Waals surface area contributed by atoms with Crippen LogP contribution in [0.2, 0.25) is 0 Å². The Labute approximate surface area is 161 Å². The van der Waals surface area contributed by atoms with Gasteiger partial charge in [-0.25, -0.2) is 8.42 Å². The number of fused-ring (bicyclic) bond motifs is 1. The number of hydrogen-bond acceptors (Lipinski definition) is 3. The van der Waals surface area contributed by atoms with Crippen molar-refractivity contribution in [3.05, 3.63) is 59.7 Å². The summed E-state index contributed by atoms with van der Waals surface area (Å²) >= 11 is 0. The molecule has 5 nitrogen and oxygen atoms in total. The van der Waals surface area contributed by atoms with Gasteiger partial charge < -0.3 is 4.90 Å². The fraction of sp³-hybridized carbons (Fsp3) is 0.381. The molecule has 0 saturated heterocycles. The van der Waals surface area contributed by atoms with Crippen molar-refractivity contribution in [2.45, 2.75) is 57.6 Å². The number of nitrogens with zero attached hydrogens (tertiary/aromatic N) is 2. The second kappa shape index (κ2) is 7.44. The SMILES string of the molecule is CC(=O)N1c2ccc(S(=O)(=O)N(Cc3ccccc3)C(C)C)cc2CC1C. The van der Waals surface area contributed by atoms with Gasteiger partial charge in [-0.2, -0.15) is 4.31 Å². The zero-order valence-corrected chi connectivity index (χ0v) is 17.0. The quantitative estimate of drug-likeness (QED) is 0.789. The lowest BCUT2D eigenvalue weighted by atomic mass is 10.1. The molecule has 0 bridgehead atoms. The van der Waals surface area contributed by atoms with E-state index in [1.807, 2.05) is 51.1 Å². The van der Waals surface area contributed by atoms with Crippen molar-refractivity contribution in [2.24, 2.45) is 0 Å². The van der Waals surface area contributed by atoms with Gasteiger partial charge in [0.05, 0.1) is 4.90 Å². The standard InChI is InChI=1S/C21H26N2O3S/c1-15(2)22(14-18-8-6-5-7-9-18)27(25,26)20-10-11-21-19(13-20)12-16(3)23(21)17(4)24/h5-11,13,15-16H,12,14H2,1-4H3. The topological polar surface area (TPSA) is 57.7 Å². The van der Waals surface area contributed by atoms with E-state index in [9.17, 15) is 13.2 Å². The average Bonchev–Trinajstić information content (AvgIpc) is 2.95. The minimum absolute atomic E-state index is 0.0234. The van der Waals surface area contributed by atoms with E-state index in [0.717, 1.165) is 16.8 Å². The van der Waals surface area contributed by atoms with Crippen LogP contribution in [0.5, 0.6) is 0 Å². The number of hydrogen-bond donors (Lipinski definition) is 0. The first-order valence-electron chi connectivity index (χ1n) is 9.20. The lowest BCUT2D eigenvalue weighted by Crippen LogP contribution is -2.36. The summed E-state index contributed by atoms with van der Waals surface area (Å²) in [4.78, 5) is 13.9. The van der Waals surface area contributed by atoms with E-state index < -0.39 is 10.0 Å². The summed E-state index contributed by atoms with van der Waals surface area (Å²) in [7, 11) is -3.65. The van der Waals surface area contributed by atoms with Crippen molar-refractivity contribution in [2.75, 3.05) is 4.90 Å². The second-order valence-electron chi connectivity index (χ2n) is 7.36. The van der Waals surface area contributed by atoms with E-state index in [-0.39, 0.29) is 22.9 Å². The first-order valence-corrected chi connectivity index (χ1v) is 10.6. The molecule has 2 aromatic rings. The van der Waals surface area contributed by atoms with Crippen LogP contribution in [0.4, 0.5) is 5.69 Å². The summed E-state index contributed by atoms with van der Waals surface area (Å²) in [6.45, 7) is 7.61. The van der Waals surface area contributed by atoms with Gasteiger partial charge in [0, 0.05) is 31.2 Å². The Morgan fingerprint density at radius 1 is 1.19 bits per heavy atom. The molecule has 1 aliphatic rings. The van der Waals surface area contributed by atoms with Gasteiger partial charge in [0.2, 0.25) is 15.9 Å². The Bertz CT molecular complexity index is 939. The number of sulfonamides is 1. The summed E-state index contributed by atoms with van der Waals surface area (Å²) < 4.78 is 28.2. The monoisotopic (exact) mass is 386 g/mol. The van der Waals surface area contributed by atoms with Crippen molar-refractivity contribution < 1.29 is 13.2 Å². The van der Waals surface area contributed by atoms with Crippen LogP contribution in [0.1, 0.15) is 38.8 Å². The largest absolute Gasteiger partial charge is 0.309 e. The number of carbonyl (C=O) groups excluding carboxylic acids is 1. The van der Waals surface area contributed by atoms with Crippen molar-refractivity contribution in [3.63, 3.8) is 0 Å². The fourth-order valence-corrected chi connectivity index (χ4v) is 5.37. The highest BCUT2D eigenvalue weighted by Crippen LogP contribution is 2.35. The molecular formula is C21H26N2O3S. The Kier molecular flexibility index (Phi) is 5.40. The predicted octanol–water partition coefficient (Wildman–Crippen LogP) is 3.58. The third-order valence-electron chi connectivity index (χ3n) is 4.97. The summed E-state index contributed by atoms with van der Waals surface area (Å²) in [5.74, 6) is -0.0234. The summed E-state index contributed by atoms with van der Waals surface area (Å²) in [6.07, 6.45) is 0.665. The third-order valence-corrected chi connectivity index (χ3v) is 6.99. The predicted molar refractivity (Wildman–Crippen MR) is 107 cm³/mol. The van der Waals surface area contributed by atoms with Crippen LogP contribution < -0.4 is 4.90 Å². The Hall–Kier alpha value is -2.18. The van der Waals surface area contributed by atoms with E-state index >= 15 is 0 Å². The van der Waals surface area contributed by atoms with Gasteiger partial charge in [-0.05, 0) is 56.5 Å². The molecule has 0 fully saturated rings. The zero-order chi connectivity index (χ0) is 19.8. The van der Waals surface area contributed by atoms with Crippen LogP contribution in [-0.4, -0.2) is 30.7 Å². The van der Waals surface area contributed by atoms with Crippen LogP contribution in [0.3, 0.4) is 0 Å². The minimum atomic E-state index is -3.65. The van der Waals surface area contributed by atoms with Gasteiger partial charge in [0.25, 0.3) is 0 Å². The highest BCUT2D eigenvalue weighted by molar-refractivity contribution is 7.89. The van der Waals surface area contributed by atoms with E-state index in [4.69, 9.17) is 0 Å². The third kappa shape index (κ3) is 3.77. The van der Waals surface area contributed by atoms with E-state index in [1.54, 1.807) is 23.1 Å². The van der Waals surface area contributed by atoms with Crippen molar-refractivity contribution in [1.82, 2.24) is 4.31 Å². The van der Waals surface area contributed by atoms with Crippen molar-refractivity contribution in [3.8, 4) is 0 Å². The van der Waals surface area contributed by atoms with Gasteiger partial charge in [-0.3, -0.25) is 4.79 Å². The summed E-state index contributed by atoms with van der Waals surface area (Å²) in [6, 6.07) is 14.6.